The Labute approximate surface area is 201 Å². The molecule has 0 unspecified atom stereocenters. The minimum Gasteiger partial charge on any atom is -0.382 e. The van der Waals surface area contributed by atoms with Crippen molar-refractivity contribution in [1.82, 2.24) is 14.6 Å². The first-order valence-electron chi connectivity index (χ1n) is 11.2. The van der Waals surface area contributed by atoms with Crippen LogP contribution in [-0.4, -0.2) is 39.6 Å². The quantitative estimate of drug-likeness (QED) is 0.417. The van der Waals surface area contributed by atoms with Gasteiger partial charge in [-0.3, -0.25) is 0 Å². The summed E-state index contributed by atoms with van der Waals surface area (Å²) in [4.78, 5) is 3.96. The van der Waals surface area contributed by atoms with E-state index < -0.39 is 24.0 Å². The molecule has 4 aromatic rings. The maximum atomic E-state index is 16.2. The summed E-state index contributed by atoms with van der Waals surface area (Å²) >= 11 is 0. The third-order valence-corrected chi connectivity index (χ3v) is 6.09. The van der Waals surface area contributed by atoms with Gasteiger partial charge in [-0.15, -0.1) is 0 Å². The molecule has 4 atom stereocenters. The van der Waals surface area contributed by atoms with Crippen molar-refractivity contribution in [3.05, 3.63) is 95.9 Å². The van der Waals surface area contributed by atoms with Gasteiger partial charge < -0.3 is 19.9 Å². The SMILES string of the molecule is N#C[C@@]1(c2ccc3c(N)ncnn23)O[C@H](COCc2ccccc2)[C@@H](OCc2ccccc2)[C@H]1F. The highest BCUT2D eigenvalue weighted by Gasteiger charge is 2.60. The van der Waals surface area contributed by atoms with Crippen molar-refractivity contribution in [2.24, 2.45) is 0 Å². The second kappa shape index (κ2) is 9.80. The van der Waals surface area contributed by atoms with Crippen LogP contribution in [-0.2, 0) is 33.0 Å². The number of nitrogens with zero attached hydrogens (tertiary/aromatic N) is 4. The summed E-state index contributed by atoms with van der Waals surface area (Å²) in [6.45, 7) is 0.523. The highest BCUT2D eigenvalue weighted by atomic mass is 19.1. The number of nitriles is 1. The van der Waals surface area contributed by atoms with Crippen molar-refractivity contribution in [3.8, 4) is 6.07 Å². The van der Waals surface area contributed by atoms with E-state index in [2.05, 4.69) is 16.2 Å². The third-order valence-electron chi connectivity index (χ3n) is 6.09. The molecule has 35 heavy (non-hydrogen) atoms. The fourth-order valence-corrected chi connectivity index (χ4v) is 4.33. The van der Waals surface area contributed by atoms with Gasteiger partial charge >= 0.3 is 0 Å². The summed E-state index contributed by atoms with van der Waals surface area (Å²) in [5, 5.41) is 14.4. The van der Waals surface area contributed by atoms with Crippen LogP contribution >= 0.6 is 0 Å². The van der Waals surface area contributed by atoms with Gasteiger partial charge in [0.25, 0.3) is 0 Å². The van der Waals surface area contributed by atoms with Gasteiger partial charge in [-0.1, -0.05) is 60.7 Å². The average Bonchev–Trinajstić information content (AvgIpc) is 3.44. The zero-order valence-corrected chi connectivity index (χ0v) is 18.8. The van der Waals surface area contributed by atoms with Crippen molar-refractivity contribution in [2.45, 2.75) is 37.2 Å². The maximum absolute atomic E-state index is 16.2. The van der Waals surface area contributed by atoms with Gasteiger partial charge in [0.1, 0.15) is 30.1 Å². The molecular formula is C26H24FN5O3. The molecule has 178 valence electrons. The zero-order valence-electron chi connectivity index (χ0n) is 18.8. The van der Waals surface area contributed by atoms with E-state index in [4.69, 9.17) is 19.9 Å². The number of hydrogen-bond acceptors (Lipinski definition) is 7. The van der Waals surface area contributed by atoms with E-state index in [0.717, 1.165) is 11.1 Å². The van der Waals surface area contributed by atoms with Crippen LogP contribution in [0.25, 0.3) is 5.52 Å². The van der Waals surface area contributed by atoms with Gasteiger partial charge in [-0.2, -0.15) is 10.4 Å². The molecule has 0 bridgehead atoms. The van der Waals surface area contributed by atoms with Crippen LogP contribution in [0.1, 0.15) is 16.8 Å². The zero-order chi connectivity index (χ0) is 24.3. The van der Waals surface area contributed by atoms with Crippen LogP contribution < -0.4 is 5.73 Å². The molecule has 1 fully saturated rings. The van der Waals surface area contributed by atoms with Gasteiger partial charge in [0.05, 0.1) is 25.5 Å². The number of hydrogen-bond donors (Lipinski definition) is 1. The van der Waals surface area contributed by atoms with Crippen LogP contribution in [0.2, 0.25) is 0 Å². The molecule has 3 heterocycles. The van der Waals surface area contributed by atoms with Gasteiger partial charge in [0.15, 0.2) is 12.0 Å². The maximum Gasteiger partial charge on any atom is 0.231 e. The molecule has 8 nitrogen and oxygen atoms in total. The predicted molar refractivity (Wildman–Crippen MR) is 126 cm³/mol. The molecule has 0 saturated carbocycles. The molecule has 5 rings (SSSR count). The summed E-state index contributed by atoms with van der Waals surface area (Å²) in [7, 11) is 0. The predicted octanol–water partition coefficient (Wildman–Crippen LogP) is 3.57. The number of halogens is 1. The van der Waals surface area contributed by atoms with Gasteiger partial charge in [0.2, 0.25) is 5.60 Å². The van der Waals surface area contributed by atoms with Crippen LogP contribution in [0.3, 0.4) is 0 Å². The lowest BCUT2D eigenvalue weighted by Crippen LogP contribution is -2.39. The number of ether oxygens (including phenoxy) is 3. The van der Waals surface area contributed by atoms with Crippen LogP contribution in [0, 0.1) is 11.3 Å². The highest BCUT2D eigenvalue weighted by molar-refractivity contribution is 5.66. The monoisotopic (exact) mass is 473 g/mol. The average molecular weight is 474 g/mol. The Morgan fingerprint density at radius 3 is 2.40 bits per heavy atom. The van der Waals surface area contributed by atoms with Crippen LogP contribution in [0.5, 0.6) is 0 Å². The molecular weight excluding hydrogens is 449 g/mol. The Morgan fingerprint density at radius 1 is 1.03 bits per heavy atom. The van der Waals surface area contributed by atoms with E-state index in [1.54, 1.807) is 12.1 Å². The fraction of sp³-hybridized carbons (Fsp3) is 0.269. The van der Waals surface area contributed by atoms with Gasteiger partial charge in [0, 0.05) is 0 Å². The van der Waals surface area contributed by atoms with Crippen molar-refractivity contribution in [3.63, 3.8) is 0 Å². The summed E-state index contributed by atoms with van der Waals surface area (Å²) in [5.41, 5.74) is 6.51. The Hall–Kier alpha value is -3.84. The lowest BCUT2D eigenvalue weighted by atomic mass is 9.93. The molecule has 0 amide bonds. The number of benzene rings is 2. The number of fused-ring (bicyclic) bond motifs is 1. The molecule has 9 heteroatoms. The molecule has 2 N–H and O–H groups in total. The number of nitrogens with two attached hydrogens (primary N) is 1. The van der Waals surface area contributed by atoms with Gasteiger partial charge in [-0.05, 0) is 23.3 Å². The van der Waals surface area contributed by atoms with Crippen molar-refractivity contribution in [2.75, 3.05) is 12.3 Å². The number of anilines is 1. The molecule has 0 aliphatic carbocycles. The summed E-state index contributed by atoms with van der Waals surface area (Å²) in [6.07, 6.45) is -2.43. The van der Waals surface area contributed by atoms with Crippen molar-refractivity contribution >= 4 is 11.3 Å². The smallest absolute Gasteiger partial charge is 0.231 e. The molecule has 1 aliphatic rings. The molecule has 0 spiro atoms. The molecule has 1 saturated heterocycles. The van der Waals surface area contributed by atoms with Gasteiger partial charge in [-0.25, -0.2) is 13.9 Å². The first-order valence-corrected chi connectivity index (χ1v) is 11.2. The lowest BCUT2D eigenvalue weighted by molar-refractivity contribution is -0.0869. The lowest BCUT2D eigenvalue weighted by Gasteiger charge is -2.23. The van der Waals surface area contributed by atoms with Crippen molar-refractivity contribution < 1.29 is 18.6 Å². The number of alkyl halides is 1. The standard InChI is InChI=1S/C26H24FN5O3/c27-24-23(34-14-19-9-5-2-6-10-19)21(15-33-13-18-7-3-1-4-8-18)35-26(24,16-28)22-12-11-20-25(29)30-17-31-32(20)22/h1-12,17,21,23-24H,13-15H2,(H2,29,30,31)/t21-,23-,24-,26+/m1/s1. The van der Waals surface area contributed by atoms with E-state index in [0.29, 0.717) is 12.1 Å². The fourth-order valence-electron chi connectivity index (χ4n) is 4.33. The largest absolute Gasteiger partial charge is 0.382 e. The summed E-state index contributed by atoms with van der Waals surface area (Å²) < 4.78 is 35.6. The van der Waals surface area contributed by atoms with E-state index in [9.17, 15) is 5.26 Å². The second-order valence-corrected chi connectivity index (χ2v) is 8.33. The Balaban J connectivity index is 1.43. The van der Waals surface area contributed by atoms with Crippen LogP contribution in [0.15, 0.2) is 79.1 Å². The molecule has 2 aromatic heterocycles. The number of nitrogen functional groups attached to an aromatic ring is 1. The number of aromatic nitrogens is 3. The summed E-state index contributed by atoms with van der Waals surface area (Å²) in [5.74, 6) is 0.215. The minimum atomic E-state index is -1.96. The highest BCUT2D eigenvalue weighted by Crippen LogP contribution is 2.43. The van der Waals surface area contributed by atoms with E-state index in [-0.39, 0.29) is 24.7 Å². The Kier molecular flexibility index (Phi) is 6.42. The number of rotatable bonds is 8. The minimum absolute atomic E-state index is 0.0403. The van der Waals surface area contributed by atoms with E-state index >= 15 is 4.39 Å². The molecule has 2 aromatic carbocycles. The Bertz CT molecular complexity index is 1330. The summed E-state index contributed by atoms with van der Waals surface area (Å²) in [6, 6.07) is 24.3. The topological polar surface area (TPSA) is 108 Å². The van der Waals surface area contributed by atoms with Crippen LogP contribution in [0.4, 0.5) is 10.2 Å². The molecule has 0 radical (unpaired) electrons. The first-order chi connectivity index (χ1) is 17.1. The normalized spacial score (nSPS) is 23.9. The van der Waals surface area contributed by atoms with E-state index in [1.165, 1.54) is 10.8 Å². The third kappa shape index (κ3) is 4.35. The first kappa shape index (κ1) is 22.9. The second-order valence-electron chi connectivity index (χ2n) is 8.33. The Morgan fingerprint density at radius 2 is 1.71 bits per heavy atom. The molecule has 1 aliphatic heterocycles. The van der Waals surface area contributed by atoms with Crippen molar-refractivity contribution in [1.29, 1.82) is 5.26 Å². The van der Waals surface area contributed by atoms with E-state index in [1.807, 2.05) is 60.7 Å².